The summed E-state index contributed by atoms with van der Waals surface area (Å²) in [5, 5.41) is 14.8. The van der Waals surface area contributed by atoms with Gasteiger partial charge in [-0.05, 0) is 11.6 Å². The number of nitro benzene ring substituents is 1. The Balaban J connectivity index is 2.49. The third-order valence-corrected chi connectivity index (χ3v) is 2.57. The van der Waals surface area contributed by atoms with Gasteiger partial charge in [0, 0.05) is 24.1 Å². The molecule has 1 aromatic rings. The third-order valence-electron chi connectivity index (χ3n) is 2.57. The molecule has 0 bridgehead atoms. The molecule has 0 unspecified atom stereocenters. The Morgan fingerprint density at radius 3 is 2.86 bits per heavy atom. The van der Waals surface area contributed by atoms with Gasteiger partial charge in [-0.1, -0.05) is 13.8 Å². The lowest BCUT2D eigenvalue weighted by molar-refractivity contribution is -0.384. The van der Waals surface area contributed by atoms with Crippen LogP contribution in [0, 0.1) is 10.1 Å². The Kier molecular flexibility index (Phi) is 1.74. The van der Waals surface area contributed by atoms with Gasteiger partial charge < -0.3 is 0 Å². The zero-order chi connectivity index (χ0) is 10.3. The topological polar surface area (TPSA) is 57.2 Å². The second-order valence-electron chi connectivity index (χ2n) is 4.16. The number of benzene rings is 1. The highest BCUT2D eigenvalue weighted by atomic mass is 16.6. The summed E-state index contributed by atoms with van der Waals surface area (Å²) >= 11 is 0. The van der Waals surface area contributed by atoms with E-state index in [-0.39, 0.29) is 16.0 Å². The minimum Gasteiger partial charge on any atom is -0.284 e. The Labute approximate surface area is 82.1 Å². The van der Waals surface area contributed by atoms with Crippen molar-refractivity contribution in [3.63, 3.8) is 0 Å². The molecule has 0 spiro atoms. The first-order valence-corrected chi connectivity index (χ1v) is 4.47. The zero-order valence-corrected chi connectivity index (χ0v) is 8.15. The maximum atomic E-state index is 10.5. The van der Waals surface area contributed by atoms with Crippen molar-refractivity contribution in [1.82, 2.24) is 5.32 Å². The molecule has 73 valence electrons. The van der Waals surface area contributed by atoms with Crippen LogP contribution in [0.4, 0.5) is 11.4 Å². The molecule has 14 heavy (non-hydrogen) atoms. The largest absolute Gasteiger partial charge is 0.284 e. The highest BCUT2D eigenvalue weighted by molar-refractivity contribution is 5.58. The lowest BCUT2D eigenvalue weighted by Crippen LogP contribution is -2.18. The Morgan fingerprint density at radius 2 is 2.21 bits per heavy atom. The van der Waals surface area contributed by atoms with Crippen LogP contribution in [0.2, 0.25) is 0 Å². The number of hydrogen-bond acceptors (Lipinski definition) is 2. The van der Waals surface area contributed by atoms with E-state index in [4.69, 9.17) is 0 Å². The van der Waals surface area contributed by atoms with Crippen LogP contribution in [0.1, 0.15) is 19.4 Å². The van der Waals surface area contributed by atoms with Gasteiger partial charge in [0.15, 0.2) is 0 Å². The maximum absolute atomic E-state index is 10.5. The summed E-state index contributed by atoms with van der Waals surface area (Å²) in [6.45, 7) is 4.89. The van der Waals surface area contributed by atoms with Crippen molar-refractivity contribution in [2.45, 2.75) is 19.3 Å². The Hall–Kier alpha value is -1.58. The van der Waals surface area contributed by atoms with E-state index in [9.17, 15) is 10.1 Å². The van der Waals surface area contributed by atoms with Gasteiger partial charge in [0.1, 0.15) is 0 Å². The van der Waals surface area contributed by atoms with Crippen LogP contribution in [-0.4, -0.2) is 11.5 Å². The van der Waals surface area contributed by atoms with Gasteiger partial charge in [0.25, 0.3) is 5.69 Å². The summed E-state index contributed by atoms with van der Waals surface area (Å²) in [5.41, 5.74) is 2.00. The molecule has 0 aliphatic carbocycles. The van der Waals surface area contributed by atoms with Crippen LogP contribution in [0.5, 0.6) is 0 Å². The average Bonchev–Trinajstić information content (AvgIpc) is 2.42. The standard InChI is InChI=1S/C10H11N2O2/c1-10(2)6-11-9-5-7(12(13)14)3-4-8(9)10/h3-5H,6H2,1-2H3. The molecule has 0 aromatic heterocycles. The predicted molar refractivity (Wildman–Crippen MR) is 52.8 cm³/mol. The van der Waals surface area contributed by atoms with Crippen LogP contribution >= 0.6 is 0 Å². The highest BCUT2D eigenvalue weighted by Gasteiger charge is 2.31. The summed E-state index contributed by atoms with van der Waals surface area (Å²) in [6, 6.07) is 4.90. The number of rotatable bonds is 1. The molecule has 1 aliphatic heterocycles. The number of nitro groups is 1. The van der Waals surface area contributed by atoms with Crippen LogP contribution in [0.15, 0.2) is 18.2 Å². The van der Waals surface area contributed by atoms with Crippen molar-refractivity contribution in [1.29, 1.82) is 0 Å². The van der Waals surface area contributed by atoms with Gasteiger partial charge in [-0.15, -0.1) is 0 Å². The summed E-state index contributed by atoms with van der Waals surface area (Å²) in [4.78, 5) is 10.1. The van der Waals surface area contributed by atoms with Crippen LogP contribution in [-0.2, 0) is 5.41 Å². The Bertz CT molecular complexity index is 399. The summed E-state index contributed by atoms with van der Waals surface area (Å²) in [5.74, 6) is 0. The molecule has 1 aliphatic rings. The second kappa shape index (κ2) is 2.70. The molecule has 0 saturated heterocycles. The monoisotopic (exact) mass is 191 g/mol. The molecule has 1 heterocycles. The first-order chi connectivity index (χ1) is 6.50. The van der Waals surface area contributed by atoms with Gasteiger partial charge in [-0.3, -0.25) is 15.4 Å². The maximum Gasteiger partial charge on any atom is 0.271 e. The van der Waals surface area contributed by atoms with E-state index in [1.54, 1.807) is 12.1 Å². The first kappa shape index (κ1) is 8.99. The molecule has 0 atom stereocenters. The average molecular weight is 191 g/mol. The van der Waals surface area contributed by atoms with Crippen molar-refractivity contribution in [3.05, 3.63) is 33.9 Å². The highest BCUT2D eigenvalue weighted by Crippen LogP contribution is 2.38. The fourth-order valence-electron chi connectivity index (χ4n) is 1.70. The lowest BCUT2D eigenvalue weighted by Gasteiger charge is -2.15. The number of fused-ring (bicyclic) bond motifs is 1. The van der Waals surface area contributed by atoms with Crippen molar-refractivity contribution >= 4 is 11.4 Å². The molecule has 0 amide bonds. The van der Waals surface area contributed by atoms with Gasteiger partial charge in [0.05, 0.1) is 10.6 Å². The smallest absolute Gasteiger partial charge is 0.271 e. The van der Waals surface area contributed by atoms with Crippen molar-refractivity contribution in [2.24, 2.45) is 0 Å². The SMILES string of the molecule is CC1(C)C[N]c2cc([N+](=O)[O-])ccc21. The zero-order valence-electron chi connectivity index (χ0n) is 8.15. The molecule has 4 heteroatoms. The molecular weight excluding hydrogens is 180 g/mol. The van der Waals surface area contributed by atoms with E-state index in [0.29, 0.717) is 6.54 Å². The summed E-state index contributed by atoms with van der Waals surface area (Å²) in [6.07, 6.45) is 0. The van der Waals surface area contributed by atoms with Gasteiger partial charge in [0.2, 0.25) is 0 Å². The molecule has 4 nitrogen and oxygen atoms in total. The van der Waals surface area contributed by atoms with Crippen LogP contribution < -0.4 is 5.32 Å². The van der Waals surface area contributed by atoms with E-state index < -0.39 is 0 Å². The minimum atomic E-state index is -0.388. The first-order valence-electron chi connectivity index (χ1n) is 4.47. The van der Waals surface area contributed by atoms with Gasteiger partial charge >= 0.3 is 0 Å². The lowest BCUT2D eigenvalue weighted by atomic mass is 9.87. The normalized spacial score (nSPS) is 17.3. The molecular formula is C10H11N2O2. The van der Waals surface area contributed by atoms with Gasteiger partial charge in [-0.25, -0.2) is 0 Å². The van der Waals surface area contributed by atoms with E-state index in [0.717, 1.165) is 11.3 Å². The number of non-ortho nitro benzene ring substituents is 1. The van der Waals surface area contributed by atoms with E-state index >= 15 is 0 Å². The summed E-state index contributed by atoms with van der Waals surface area (Å²) in [7, 11) is 0. The van der Waals surface area contributed by atoms with Crippen molar-refractivity contribution in [3.8, 4) is 0 Å². The van der Waals surface area contributed by atoms with E-state index in [2.05, 4.69) is 19.2 Å². The fraction of sp³-hybridized carbons (Fsp3) is 0.400. The fourth-order valence-corrected chi connectivity index (χ4v) is 1.70. The molecule has 1 radical (unpaired) electrons. The summed E-state index contributed by atoms with van der Waals surface area (Å²) < 4.78 is 0. The van der Waals surface area contributed by atoms with Crippen LogP contribution in [0.25, 0.3) is 0 Å². The van der Waals surface area contributed by atoms with E-state index in [1.807, 2.05) is 6.07 Å². The second-order valence-corrected chi connectivity index (χ2v) is 4.16. The molecule has 0 fully saturated rings. The Morgan fingerprint density at radius 1 is 1.50 bits per heavy atom. The molecule has 2 rings (SSSR count). The van der Waals surface area contributed by atoms with Gasteiger partial charge in [-0.2, -0.15) is 0 Å². The minimum absolute atomic E-state index is 0.0183. The van der Waals surface area contributed by atoms with Crippen molar-refractivity contribution in [2.75, 3.05) is 6.54 Å². The van der Waals surface area contributed by atoms with E-state index in [1.165, 1.54) is 0 Å². The molecule has 0 N–H and O–H groups in total. The number of hydrogen-bond donors (Lipinski definition) is 0. The molecule has 1 aromatic carbocycles. The van der Waals surface area contributed by atoms with Crippen LogP contribution in [0.3, 0.4) is 0 Å². The third kappa shape index (κ3) is 1.23. The molecule has 0 saturated carbocycles. The van der Waals surface area contributed by atoms with Crippen molar-refractivity contribution < 1.29 is 4.92 Å². The predicted octanol–water partition coefficient (Wildman–Crippen LogP) is 2.12. The number of nitrogens with zero attached hydrogens (tertiary/aromatic N) is 2. The quantitative estimate of drug-likeness (QED) is 0.504.